The number of nitriles is 1. The Hall–Kier alpha value is -4.15. The molecule has 2 N–H and O–H groups in total. The van der Waals surface area contributed by atoms with Crippen LogP contribution in [-0.2, 0) is 4.79 Å². The van der Waals surface area contributed by atoms with Crippen molar-refractivity contribution in [2.45, 2.75) is 51.9 Å². The average Bonchev–Trinajstić information content (AvgIpc) is 2.95. The van der Waals surface area contributed by atoms with E-state index in [1.807, 2.05) is 31.2 Å². The molecule has 1 atom stereocenters. The van der Waals surface area contributed by atoms with Crippen LogP contribution in [0.2, 0.25) is 5.02 Å². The molecule has 0 aromatic heterocycles. The summed E-state index contributed by atoms with van der Waals surface area (Å²) < 4.78 is 22.6. The lowest BCUT2D eigenvalue weighted by molar-refractivity contribution is -0.136. The lowest BCUT2D eigenvalue weighted by atomic mass is 9.83. The molecule has 0 bridgehead atoms. The third kappa shape index (κ3) is 7.28. The highest BCUT2D eigenvalue weighted by atomic mass is 35.5. The Kier molecular flexibility index (Phi) is 9.93. The molecule has 0 amide bonds. The van der Waals surface area contributed by atoms with Crippen molar-refractivity contribution in [1.29, 1.82) is 5.26 Å². The second kappa shape index (κ2) is 13.8. The summed E-state index contributed by atoms with van der Waals surface area (Å²) in [5, 5.41) is 10.5. The molecule has 0 spiro atoms. The van der Waals surface area contributed by atoms with Gasteiger partial charge in [0.2, 0.25) is 5.88 Å². The fourth-order valence-electron chi connectivity index (χ4n) is 4.50. The Morgan fingerprint density at radius 2 is 1.70 bits per heavy atom. The number of nitrogens with two attached hydrogens (primary N) is 1. The second-order valence-corrected chi connectivity index (χ2v) is 10.0. The molecule has 1 aliphatic rings. The van der Waals surface area contributed by atoms with Crippen molar-refractivity contribution in [3.05, 3.63) is 93.8 Å². The van der Waals surface area contributed by atoms with Gasteiger partial charge in [0.25, 0.3) is 0 Å². The standard InChI is InChI=1S/C32H33ClN2O5/c1-3-4-5-6-7-16-37-23-10-8-22(9-11-23)31-26-14-12-25(18-29(26)40-32(35)27(31)19-34)39-30(36)20-38-24-13-15-28(33)21(2)17-24/h8-15,17-18,31H,3-7,16,20,35H2,1-2H3. The minimum Gasteiger partial charge on any atom is -0.494 e. The van der Waals surface area contributed by atoms with Crippen LogP contribution in [0, 0.1) is 18.3 Å². The van der Waals surface area contributed by atoms with E-state index in [1.165, 1.54) is 19.3 Å². The van der Waals surface area contributed by atoms with Gasteiger partial charge >= 0.3 is 5.97 Å². The van der Waals surface area contributed by atoms with Gasteiger partial charge < -0.3 is 24.7 Å². The fourth-order valence-corrected chi connectivity index (χ4v) is 4.62. The van der Waals surface area contributed by atoms with Crippen molar-refractivity contribution in [3.63, 3.8) is 0 Å². The maximum Gasteiger partial charge on any atom is 0.349 e. The summed E-state index contributed by atoms with van der Waals surface area (Å²) in [6, 6.07) is 20.0. The van der Waals surface area contributed by atoms with Crippen molar-refractivity contribution in [3.8, 4) is 29.1 Å². The zero-order valence-electron chi connectivity index (χ0n) is 22.7. The molecule has 0 saturated heterocycles. The van der Waals surface area contributed by atoms with Crippen molar-refractivity contribution >= 4 is 17.6 Å². The third-order valence-electron chi connectivity index (χ3n) is 6.64. The Balaban J connectivity index is 1.43. The topological polar surface area (TPSA) is 104 Å². The average molecular weight is 561 g/mol. The van der Waals surface area contributed by atoms with E-state index in [1.54, 1.807) is 36.4 Å². The van der Waals surface area contributed by atoms with E-state index in [0.717, 1.165) is 35.3 Å². The van der Waals surface area contributed by atoms with Gasteiger partial charge in [-0.1, -0.05) is 62.4 Å². The number of hydrogen-bond acceptors (Lipinski definition) is 7. The van der Waals surface area contributed by atoms with Gasteiger partial charge in [-0.05, 0) is 60.9 Å². The smallest absolute Gasteiger partial charge is 0.349 e. The van der Waals surface area contributed by atoms with Gasteiger partial charge in [-0.25, -0.2) is 4.79 Å². The van der Waals surface area contributed by atoms with Crippen LogP contribution in [0.15, 0.2) is 72.1 Å². The number of fused-ring (bicyclic) bond motifs is 1. The highest BCUT2D eigenvalue weighted by Gasteiger charge is 2.31. The Morgan fingerprint density at radius 1 is 0.975 bits per heavy atom. The van der Waals surface area contributed by atoms with Crippen molar-refractivity contribution in [2.24, 2.45) is 5.73 Å². The van der Waals surface area contributed by atoms with E-state index in [4.69, 9.17) is 36.3 Å². The SMILES string of the molecule is CCCCCCCOc1ccc(C2C(C#N)=C(N)Oc3cc(OC(=O)COc4ccc(Cl)c(C)c4)ccc32)cc1. The molecule has 1 unspecified atom stereocenters. The minimum absolute atomic E-state index is 0.0114. The number of ether oxygens (including phenoxy) is 4. The number of rotatable bonds is 12. The summed E-state index contributed by atoms with van der Waals surface area (Å²) in [5.74, 6) is 0.973. The molecule has 40 heavy (non-hydrogen) atoms. The first-order chi connectivity index (χ1) is 19.4. The molecule has 0 radical (unpaired) electrons. The van der Waals surface area contributed by atoms with Crippen LogP contribution < -0.4 is 24.7 Å². The quantitative estimate of drug-likeness (QED) is 0.142. The van der Waals surface area contributed by atoms with Crippen molar-refractivity contribution < 1.29 is 23.7 Å². The van der Waals surface area contributed by atoms with Gasteiger partial charge in [0.1, 0.15) is 34.6 Å². The van der Waals surface area contributed by atoms with E-state index in [-0.39, 0.29) is 18.2 Å². The van der Waals surface area contributed by atoms with Crippen LogP contribution in [0.25, 0.3) is 0 Å². The maximum absolute atomic E-state index is 12.4. The Labute approximate surface area is 240 Å². The van der Waals surface area contributed by atoms with E-state index in [0.29, 0.717) is 28.7 Å². The highest BCUT2D eigenvalue weighted by Crippen LogP contribution is 2.43. The molecular formula is C32H33ClN2O5. The maximum atomic E-state index is 12.4. The van der Waals surface area contributed by atoms with Crippen molar-refractivity contribution in [1.82, 2.24) is 0 Å². The molecule has 1 heterocycles. The highest BCUT2D eigenvalue weighted by molar-refractivity contribution is 6.31. The number of nitrogens with zero attached hydrogens (tertiary/aromatic N) is 1. The van der Waals surface area contributed by atoms with Gasteiger partial charge in [0, 0.05) is 16.7 Å². The Bertz CT molecular complexity index is 1410. The molecule has 1 aliphatic heterocycles. The molecule has 0 saturated carbocycles. The number of esters is 1. The van der Waals surface area contributed by atoms with Crippen LogP contribution in [0.4, 0.5) is 0 Å². The lowest BCUT2D eigenvalue weighted by Crippen LogP contribution is -2.21. The summed E-state index contributed by atoms with van der Waals surface area (Å²) in [5.41, 5.74) is 8.90. The van der Waals surface area contributed by atoms with Gasteiger partial charge in [-0.3, -0.25) is 0 Å². The van der Waals surface area contributed by atoms with Crippen LogP contribution >= 0.6 is 11.6 Å². The number of carbonyl (C=O) groups excluding carboxylic acids is 1. The second-order valence-electron chi connectivity index (χ2n) is 9.63. The van der Waals surface area contributed by atoms with Gasteiger partial charge in [-0.2, -0.15) is 5.26 Å². The largest absolute Gasteiger partial charge is 0.494 e. The fraction of sp³-hybridized carbons (Fsp3) is 0.312. The van der Waals surface area contributed by atoms with Gasteiger partial charge in [0.05, 0.1) is 12.5 Å². The van der Waals surface area contributed by atoms with Crippen LogP contribution in [0.1, 0.15) is 61.6 Å². The molecule has 4 rings (SSSR count). The van der Waals surface area contributed by atoms with Crippen LogP contribution in [0.3, 0.4) is 0 Å². The minimum atomic E-state index is -0.581. The summed E-state index contributed by atoms with van der Waals surface area (Å²) in [6.07, 6.45) is 5.87. The molecule has 3 aromatic carbocycles. The summed E-state index contributed by atoms with van der Waals surface area (Å²) >= 11 is 6.03. The number of aryl methyl sites for hydroxylation is 1. The lowest BCUT2D eigenvalue weighted by Gasteiger charge is -2.26. The first kappa shape index (κ1) is 28.8. The molecule has 8 heteroatoms. The first-order valence-corrected chi connectivity index (χ1v) is 13.8. The molecule has 3 aromatic rings. The summed E-state index contributed by atoms with van der Waals surface area (Å²) in [7, 11) is 0. The number of halogens is 1. The van der Waals surface area contributed by atoms with E-state index >= 15 is 0 Å². The Morgan fingerprint density at radius 3 is 2.42 bits per heavy atom. The molecule has 208 valence electrons. The zero-order valence-corrected chi connectivity index (χ0v) is 23.5. The number of hydrogen-bond donors (Lipinski definition) is 1. The third-order valence-corrected chi connectivity index (χ3v) is 7.06. The van der Waals surface area contributed by atoms with Crippen molar-refractivity contribution in [2.75, 3.05) is 13.2 Å². The predicted octanol–water partition coefficient (Wildman–Crippen LogP) is 7.20. The van der Waals surface area contributed by atoms with Gasteiger partial charge in [0.15, 0.2) is 6.61 Å². The van der Waals surface area contributed by atoms with Crippen LogP contribution in [-0.4, -0.2) is 19.2 Å². The molecular weight excluding hydrogens is 528 g/mol. The summed E-state index contributed by atoms with van der Waals surface area (Å²) in [4.78, 5) is 12.4. The normalized spacial score (nSPS) is 14.1. The van der Waals surface area contributed by atoms with E-state index < -0.39 is 11.9 Å². The van der Waals surface area contributed by atoms with E-state index in [2.05, 4.69) is 13.0 Å². The number of carbonyl (C=O) groups is 1. The predicted molar refractivity (Wildman–Crippen MR) is 154 cm³/mol. The first-order valence-electron chi connectivity index (χ1n) is 13.4. The zero-order chi connectivity index (χ0) is 28.5. The van der Waals surface area contributed by atoms with Crippen LogP contribution in [0.5, 0.6) is 23.0 Å². The van der Waals surface area contributed by atoms with Gasteiger partial charge in [-0.15, -0.1) is 0 Å². The molecule has 0 fully saturated rings. The number of benzene rings is 3. The molecule has 0 aliphatic carbocycles. The monoisotopic (exact) mass is 560 g/mol. The van der Waals surface area contributed by atoms with E-state index in [9.17, 15) is 10.1 Å². The summed E-state index contributed by atoms with van der Waals surface area (Å²) in [6.45, 7) is 4.44. The molecule has 7 nitrogen and oxygen atoms in total. The number of unbranched alkanes of at least 4 members (excludes halogenated alkanes) is 4. The number of allylic oxidation sites excluding steroid dienone is 1.